The second-order valence-electron chi connectivity index (χ2n) is 4.42. The van der Waals surface area contributed by atoms with Crippen LogP contribution in [0.1, 0.15) is 5.56 Å². The van der Waals surface area contributed by atoms with Gasteiger partial charge in [0, 0.05) is 36.3 Å². The maximum Gasteiger partial charge on any atom is 0.240 e. The Hall–Kier alpha value is -1.92. The monoisotopic (exact) mass is 291 g/mol. The maximum atomic E-state index is 11.8. The molecule has 0 aliphatic heterocycles. The van der Waals surface area contributed by atoms with Crippen LogP contribution in [0, 0.1) is 0 Å². The maximum absolute atomic E-state index is 11.8. The van der Waals surface area contributed by atoms with Crippen molar-refractivity contribution in [2.75, 3.05) is 20.3 Å². The molecule has 0 aliphatic carbocycles. The van der Waals surface area contributed by atoms with Crippen molar-refractivity contribution in [2.24, 2.45) is 5.73 Å². The molecule has 6 heteroatoms. The average molecular weight is 291 g/mol. The fourth-order valence-corrected chi connectivity index (χ4v) is 2.12. The van der Waals surface area contributed by atoms with E-state index in [9.17, 15) is 4.79 Å². The number of carbonyl (C=O) groups excluding carboxylic acids is 1. The molecule has 2 rings (SSSR count). The van der Waals surface area contributed by atoms with Crippen LogP contribution in [-0.2, 0) is 16.1 Å². The zero-order valence-electron chi connectivity index (χ0n) is 11.3. The van der Waals surface area contributed by atoms with Crippen LogP contribution >= 0.6 is 12.2 Å². The minimum Gasteiger partial charge on any atom is -0.389 e. The van der Waals surface area contributed by atoms with Crippen molar-refractivity contribution in [2.45, 2.75) is 6.54 Å². The summed E-state index contributed by atoms with van der Waals surface area (Å²) in [4.78, 5) is 12.1. The van der Waals surface area contributed by atoms with Gasteiger partial charge >= 0.3 is 0 Å². The van der Waals surface area contributed by atoms with Crippen LogP contribution in [0.15, 0.2) is 30.5 Å². The van der Waals surface area contributed by atoms with E-state index in [4.69, 9.17) is 22.7 Å². The minimum atomic E-state index is -0.0435. The molecule has 1 aromatic heterocycles. The Morgan fingerprint density at radius 1 is 1.45 bits per heavy atom. The van der Waals surface area contributed by atoms with Crippen LogP contribution in [0.5, 0.6) is 0 Å². The number of carbonyl (C=O) groups is 1. The number of hydrogen-bond acceptors (Lipinski definition) is 3. The standard InChI is InChI=1S/C14H17N3O2S/c1-19-7-5-16-13(18)9-17-6-4-10-8-11(14(15)20)2-3-12(10)17/h2-4,6,8H,5,7,9H2,1H3,(H2,15,20)(H,16,18). The lowest BCUT2D eigenvalue weighted by Crippen LogP contribution is -2.30. The Labute approximate surface area is 122 Å². The quantitative estimate of drug-likeness (QED) is 0.616. The van der Waals surface area contributed by atoms with E-state index < -0.39 is 0 Å². The van der Waals surface area contributed by atoms with E-state index in [1.54, 1.807) is 7.11 Å². The first-order valence-electron chi connectivity index (χ1n) is 6.26. The van der Waals surface area contributed by atoms with E-state index in [0.717, 1.165) is 16.5 Å². The lowest BCUT2D eigenvalue weighted by molar-refractivity contribution is -0.121. The zero-order valence-corrected chi connectivity index (χ0v) is 12.1. The van der Waals surface area contributed by atoms with Gasteiger partial charge < -0.3 is 20.4 Å². The molecule has 0 radical (unpaired) electrons. The fraction of sp³-hybridized carbons (Fsp3) is 0.286. The molecule has 0 saturated carbocycles. The number of methoxy groups -OCH3 is 1. The third-order valence-electron chi connectivity index (χ3n) is 3.00. The average Bonchev–Trinajstić information content (AvgIpc) is 2.81. The number of thiocarbonyl (C=S) groups is 1. The predicted octanol–water partition coefficient (Wildman–Crippen LogP) is 1.04. The van der Waals surface area contributed by atoms with Crippen molar-refractivity contribution in [3.05, 3.63) is 36.0 Å². The lowest BCUT2D eigenvalue weighted by atomic mass is 10.1. The van der Waals surface area contributed by atoms with E-state index in [-0.39, 0.29) is 12.5 Å². The number of aromatic nitrogens is 1. The third kappa shape index (κ3) is 3.34. The van der Waals surface area contributed by atoms with Gasteiger partial charge in [0.2, 0.25) is 5.91 Å². The number of nitrogens with zero attached hydrogens (tertiary/aromatic N) is 1. The number of fused-ring (bicyclic) bond motifs is 1. The first-order chi connectivity index (χ1) is 9.61. The fourth-order valence-electron chi connectivity index (χ4n) is 1.99. The van der Waals surface area contributed by atoms with Crippen molar-refractivity contribution in [3.63, 3.8) is 0 Å². The third-order valence-corrected chi connectivity index (χ3v) is 3.23. The number of benzene rings is 1. The molecule has 0 spiro atoms. The molecule has 0 saturated heterocycles. The molecule has 1 aromatic carbocycles. The summed E-state index contributed by atoms with van der Waals surface area (Å²) >= 11 is 4.96. The predicted molar refractivity (Wildman–Crippen MR) is 82.7 cm³/mol. The van der Waals surface area contributed by atoms with Gasteiger partial charge in [0.05, 0.1) is 6.61 Å². The Morgan fingerprint density at radius 3 is 2.95 bits per heavy atom. The summed E-state index contributed by atoms with van der Waals surface area (Å²) in [6.07, 6.45) is 1.88. The van der Waals surface area contributed by atoms with Crippen molar-refractivity contribution in [1.82, 2.24) is 9.88 Å². The zero-order chi connectivity index (χ0) is 14.5. The summed E-state index contributed by atoms with van der Waals surface area (Å²) in [5.74, 6) is -0.0435. The second kappa shape index (κ2) is 6.49. The molecule has 0 unspecified atom stereocenters. The van der Waals surface area contributed by atoms with E-state index in [0.29, 0.717) is 18.1 Å². The second-order valence-corrected chi connectivity index (χ2v) is 4.86. The Kier molecular flexibility index (Phi) is 4.70. The molecule has 0 aliphatic rings. The molecule has 2 aromatic rings. The van der Waals surface area contributed by atoms with Crippen LogP contribution in [-0.4, -0.2) is 35.7 Å². The van der Waals surface area contributed by atoms with Crippen molar-refractivity contribution in [3.8, 4) is 0 Å². The Morgan fingerprint density at radius 2 is 2.25 bits per heavy atom. The van der Waals surface area contributed by atoms with Gasteiger partial charge in [0.25, 0.3) is 0 Å². The Bertz CT molecular complexity index is 636. The number of ether oxygens (including phenoxy) is 1. The summed E-state index contributed by atoms with van der Waals surface area (Å²) < 4.78 is 6.78. The lowest BCUT2D eigenvalue weighted by Gasteiger charge is -2.07. The van der Waals surface area contributed by atoms with Crippen LogP contribution in [0.2, 0.25) is 0 Å². The molecule has 20 heavy (non-hydrogen) atoms. The highest BCUT2D eigenvalue weighted by atomic mass is 32.1. The molecule has 3 N–H and O–H groups in total. The topological polar surface area (TPSA) is 69.3 Å². The molecular weight excluding hydrogens is 274 g/mol. The number of nitrogens with one attached hydrogen (secondary N) is 1. The minimum absolute atomic E-state index is 0.0435. The van der Waals surface area contributed by atoms with Gasteiger partial charge in [-0.05, 0) is 24.3 Å². The first kappa shape index (κ1) is 14.5. The van der Waals surface area contributed by atoms with Gasteiger partial charge in [-0.25, -0.2) is 0 Å². The first-order valence-corrected chi connectivity index (χ1v) is 6.67. The van der Waals surface area contributed by atoms with Crippen molar-refractivity contribution < 1.29 is 9.53 Å². The van der Waals surface area contributed by atoms with Crippen LogP contribution in [0.25, 0.3) is 10.9 Å². The van der Waals surface area contributed by atoms with Crippen molar-refractivity contribution >= 4 is 34.0 Å². The molecular formula is C14H17N3O2S. The largest absolute Gasteiger partial charge is 0.389 e. The normalized spacial score (nSPS) is 10.7. The van der Waals surface area contributed by atoms with Crippen LogP contribution in [0.4, 0.5) is 0 Å². The molecule has 0 fully saturated rings. The number of rotatable bonds is 6. The van der Waals surface area contributed by atoms with Crippen molar-refractivity contribution in [1.29, 1.82) is 0 Å². The molecule has 5 nitrogen and oxygen atoms in total. The highest BCUT2D eigenvalue weighted by Crippen LogP contribution is 2.17. The molecule has 0 atom stereocenters. The van der Waals surface area contributed by atoms with Crippen LogP contribution in [0.3, 0.4) is 0 Å². The highest BCUT2D eigenvalue weighted by Gasteiger charge is 2.07. The molecule has 1 amide bonds. The van der Waals surface area contributed by atoms with Gasteiger partial charge in [0.1, 0.15) is 11.5 Å². The van der Waals surface area contributed by atoms with E-state index >= 15 is 0 Å². The van der Waals surface area contributed by atoms with Gasteiger partial charge in [-0.3, -0.25) is 4.79 Å². The van der Waals surface area contributed by atoms with E-state index in [2.05, 4.69) is 5.32 Å². The summed E-state index contributed by atoms with van der Waals surface area (Å²) in [5, 5.41) is 3.80. The molecule has 106 valence electrons. The number of hydrogen-bond donors (Lipinski definition) is 2. The molecule has 0 bridgehead atoms. The number of nitrogens with two attached hydrogens (primary N) is 1. The smallest absolute Gasteiger partial charge is 0.240 e. The summed E-state index contributed by atoms with van der Waals surface area (Å²) in [7, 11) is 1.60. The highest BCUT2D eigenvalue weighted by molar-refractivity contribution is 7.80. The van der Waals surface area contributed by atoms with Crippen LogP contribution < -0.4 is 11.1 Å². The van der Waals surface area contributed by atoms with Gasteiger partial charge in [0.15, 0.2) is 0 Å². The summed E-state index contributed by atoms with van der Waals surface area (Å²) in [5.41, 5.74) is 7.42. The van der Waals surface area contributed by atoms with E-state index in [1.807, 2.05) is 35.0 Å². The van der Waals surface area contributed by atoms with E-state index in [1.165, 1.54) is 0 Å². The molecule has 1 heterocycles. The summed E-state index contributed by atoms with van der Waals surface area (Å²) in [6, 6.07) is 7.66. The van der Waals surface area contributed by atoms with Gasteiger partial charge in [-0.1, -0.05) is 12.2 Å². The number of amides is 1. The van der Waals surface area contributed by atoms with Gasteiger partial charge in [-0.2, -0.15) is 0 Å². The Balaban J connectivity index is 2.11. The SMILES string of the molecule is COCCNC(=O)Cn1ccc2cc(C(N)=S)ccc21. The van der Waals surface area contributed by atoms with Gasteiger partial charge in [-0.15, -0.1) is 0 Å². The summed E-state index contributed by atoms with van der Waals surface area (Å²) in [6.45, 7) is 1.30.